The van der Waals surface area contributed by atoms with Crippen molar-refractivity contribution in [3.05, 3.63) is 28.0 Å². The number of rotatable bonds is 2. The third-order valence-corrected chi connectivity index (χ3v) is 3.23. The van der Waals surface area contributed by atoms with Crippen LogP contribution in [0.4, 0.5) is 14.9 Å². The van der Waals surface area contributed by atoms with E-state index in [1.165, 1.54) is 12.1 Å². The fraction of sp³-hybridized carbons (Fsp3) is 0.364. The van der Waals surface area contributed by atoms with Gasteiger partial charge in [0, 0.05) is 11.7 Å². The molecule has 1 aromatic rings. The number of urea groups is 1. The van der Waals surface area contributed by atoms with Crippen molar-refractivity contribution < 1.29 is 9.18 Å². The van der Waals surface area contributed by atoms with Crippen LogP contribution in [0.15, 0.2) is 12.1 Å². The van der Waals surface area contributed by atoms with Gasteiger partial charge in [0.1, 0.15) is 0 Å². The molecule has 92 valence electrons. The maximum absolute atomic E-state index is 13.1. The summed E-state index contributed by atoms with van der Waals surface area (Å²) in [5.74, 6) is -0.682. The molecule has 0 unspecified atom stereocenters. The highest BCUT2D eigenvalue weighted by atomic mass is 35.5. The Hall–Kier alpha value is -1.00. The zero-order valence-corrected chi connectivity index (χ0v) is 10.4. The van der Waals surface area contributed by atoms with Gasteiger partial charge >= 0.3 is 6.03 Å². The zero-order chi connectivity index (χ0) is 12.4. The minimum atomic E-state index is -0.682. The monoisotopic (exact) mass is 276 g/mol. The molecule has 2 N–H and O–H groups in total. The highest BCUT2D eigenvalue weighted by molar-refractivity contribution is 6.35. The molecule has 0 bridgehead atoms. The van der Waals surface area contributed by atoms with Crippen LogP contribution in [0.3, 0.4) is 0 Å². The second-order valence-corrected chi connectivity index (χ2v) is 4.79. The molecule has 0 heterocycles. The number of anilines is 1. The molecule has 0 aromatic heterocycles. The molecule has 0 radical (unpaired) electrons. The maximum Gasteiger partial charge on any atom is 0.319 e. The second kappa shape index (κ2) is 5.10. The van der Waals surface area contributed by atoms with Gasteiger partial charge in [0.25, 0.3) is 0 Å². The van der Waals surface area contributed by atoms with Crippen LogP contribution in [0.1, 0.15) is 19.3 Å². The predicted molar refractivity (Wildman–Crippen MR) is 66.2 cm³/mol. The molecule has 1 aliphatic carbocycles. The Kier molecular flexibility index (Phi) is 3.74. The Morgan fingerprint density at radius 2 is 1.88 bits per heavy atom. The summed E-state index contributed by atoms with van der Waals surface area (Å²) in [6.07, 6.45) is 3.13. The van der Waals surface area contributed by atoms with E-state index in [2.05, 4.69) is 10.6 Å². The summed E-state index contributed by atoms with van der Waals surface area (Å²) in [5, 5.41) is 5.12. The van der Waals surface area contributed by atoms with Crippen molar-refractivity contribution in [1.82, 2.24) is 5.32 Å². The van der Waals surface area contributed by atoms with Crippen LogP contribution >= 0.6 is 23.2 Å². The number of carbonyl (C=O) groups is 1. The van der Waals surface area contributed by atoms with Gasteiger partial charge < -0.3 is 10.6 Å². The summed E-state index contributed by atoms with van der Waals surface area (Å²) in [5.41, 5.74) is 0.373. The molecule has 0 saturated heterocycles. The molecule has 2 amide bonds. The number of hydrogen-bond acceptors (Lipinski definition) is 1. The molecule has 0 spiro atoms. The van der Waals surface area contributed by atoms with Crippen molar-refractivity contribution >= 4 is 34.9 Å². The third-order valence-electron chi connectivity index (χ3n) is 2.68. The summed E-state index contributed by atoms with van der Waals surface area (Å²) in [4.78, 5) is 11.5. The third kappa shape index (κ3) is 3.01. The Balaban J connectivity index is 2.00. The molecule has 2 rings (SSSR count). The molecule has 0 aliphatic heterocycles. The minimum Gasteiger partial charge on any atom is -0.335 e. The first-order valence-electron chi connectivity index (χ1n) is 5.28. The second-order valence-electron chi connectivity index (χ2n) is 3.98. The van der Waals surface area contributed by atoms with Gasteiger partial charge in [-0.1, -0.05) is 23.2 Å². The van der Waals surface area contributed by atoms with Gasteiger partial charge in [0.15, 0.2) is 5.82 Å². The van der Waals surface area contributed by atoms with Gasteiger partial charge in [-0.2, -0.15) is 0 Å². The summed E-state index contributed by atoms with van der Waals surface area (Å²) in [6.45, 7) is 0. The van der Waals surface area contributed by atoms with Crippen LogP contribution in [0, 0.1) is 5.82 Å². The molecule has 1 aliphatic rings. The van der Waals surface area contributed by atoms with E-state index in [-0.39, 0.29) is 22.1 Å². The molecular formula is C11H11Cl2FN2O. The quantitative estimate of drug-likeness (QED) is 0.793. The molecule has 6 heteroatoms. The van der Waals surface area contributed by atoms with E-state index in [9.17, 15) is 9.18 Å². The summed E-state index contributed by atoms with van der Waals surface area (Å²) < 4.78 is 13.1. The van der Waals surface area contributed by atoms with E-state index in [1.807, 2.05) is 0 Å². The largest absolute Gasteiger partial charge is 0.335 e. The van der Waals surface area contributed by atoms with Gasteiger partial charge in [-0.25, -0.2) is 9.18 Å². The van der Waals surface area contributed by atoms with Crippen LogP contribution in [0.25, 0.3) is 0 Å². The molecular weight excluding hydrogens is 266 g/mol. The van der Waals surface area contributed by atoms with Crippen LogP contribution in [0.5, 0.6) is 0 Å². The number of carbonyl (C=O) groups excluding carboxylic acids is 1. The molecule has 0 atom stereocenters. The lowest BCUT2D eigenvalue weighted by Gasteiger charge is -2.26. The summed E-state index contributed by atoms with van der Waals surface area (Å²) >= 11 is 11.2. The Morgan fingerprint density at radius 1 is 1.29 bits per heavy atom. The van der Waals surface area contributed by atoms with Crippen molar-refractivity contribution in [2.24, 2.45) is 0 Å². The van der Waals surface area contributed by atoms with E-state index in [1.54, 1.807) is 0 Å². The van der Waals surface area contributed by atoms with Crippen molar-refractivity contribution in [1.29, 1.82) is 0 Å². The molecule has 1 saturated carbocycles. The highest BCUT2D eigenvalue weighted by Gasteiger charge is 2.19. The fourth-order valence-corrected chi connectivity index (χ4v) is 2.02. The first-order valence-corrected chi connectivity index (χ1v) is 6.04. The summed E-state index contributed by atoms with van der Waals surface area (Å²) in [6, 6.07) is 2.56. The van der Waals surface area contributed by atoms with E-state index in [0.29, 0.717) is 5.69 Å². The Morgan fingerprint density at radius 3 is 2.35 bits per heavy atom. The van der Waals surface area contributed by atoms with Crippen LogP contribution < -0.4 is 10.6 Å². The minimum absolute atomic E-state index is 0.114. The van der Waals surface area contributed by atoms with Crippen molar-refractivity contribution in [3.63, 3.8) is 0 Å². The standard InChI is InChI=1S/C11H11Cl2FN2O/c12-8-4-7(5-9(13)10(8)14)16-11(17)15-6-2-1-3-6/h4-6H,1-3H2,(H2,15,16,17). The van der Waals surface area contributed by atoms with Crippen LogP contribution in [-0.2, 0) is 0 Å². The molecule has 3 nitrogen and oxygen atoms in total. The van der Waals surface area contributed by atoms with Crippen molar-refractivity contribution in [3.8, 4) is 0 Å². The topological polar surface area (TPSA) is 41.1 Å². The van der Waals surface area contributed by atoms with Crippen LogP contribution in [0.2, 0.25) is 10.0 Å². The van der Waals surface area contributed by atoms with E-state index in [4.69, 9.17) is 23.2 Å². The van der Waals surface area contributed by atoms with Gasteiger partial charge in [0.05, 0.1) is 10.0 Å². The number of amides is 2. The smallest absolute Gasteiger partial charge is 0.319 e. The normalized spacial score (nSPS) is 15.2. The number of hydrogen-bond donors (Lipinski definition) is 2. The van der Waals surface area contributed by atoms with Crippen molar-refractivity contribution in [2.75, 3.05) is 5.32 Å². The molecule has 1 fully saturated rings. The highest BCUT2D eigenvalue weighted by Crippen LogP contribution is 2.27. The number of benzene rings is 1. The predicted octanol–water partition coefficient (Wildman–Crippen LogP) is 3.81. The van der Waals surface area contributed by atoms with Crippen LogP contribution in [-0.4, -0.2) is 12.1 Å². The lowest BCUT2D eigenvalue weighted by atomic mass is 9.93. The first kappa shape index (κ1) is 12.5. The van der Waals surface area contributed by atoms with Gasteiger partial charge in [-0.15, -0.1) is 0 Å². The van der Waals surface area contributed by atoms with Gasteiger partial charge in [-0.05, 0) is 31.4 Å². The summed E-state index contributed by atoms with van der Waals surface area (Å²) in [7, 11) is 0. The average Bonchev–Trinajstić information content (AvgIpc) is 2.20. The first-order chi connectivity index (χ1) is 8.06. The Bertz CT molecular complexity index is 426. The number of nitrogens with one attached hydrogen (secondary N) is 2. The lowest BCUT2D eigenvalue weighted by molar-refractivity contribution is 0.240. The Labute approximate surface area is 108 Å². The number of halogens is 3. The average molecular weight is 277 g/mol. The molecule has 17 heavy (non-hydrogen) atoms. The van der Waals surface area contributed by atoms with E-state index < -0.39 is 5.82 Å². The van der Waals surface area contributed by atoms with Crippen molar-refractivity contribution in [2.45, 2.75) is 25.3 Å². The van der Waals surface area contributed by atoms with E-state index in [0.717, 1.165) is 19.3 Å². The lowest BCUT2D eigenvalue weighted by Crippen LogP contribution is -2.41. The fourth-order valence-electron chi connectivity index (χ4n) is 1.53. The van der Waals surface area contributed by atoms with Gasteiger partial charge in [0.2, 0.25) is 0 Å². The SMILES string of the molecule is O=C(Nc1cc(Cl)c(F)c(Cl)c1)NC1CCC1. The van der Waals surface area contributed by atoms with E-state index >= 15 is 0 Å². The maximum atomic E-state index is 13.1. The zero-order valence-electron chi connectivity index (χ0n) is 8.90. The molecule has 1 aromatic carbocycles. The van der Waals surface area contributed by atoms with Gasteiger partial charge in [-0.3, -0.25) is 0 Å².